The second kappa shape index (κ2) is 5.72. The molecular weight excluding hydrogens is 307 g/mol. The highest BCUT2D eigenvalue weighted by atomic mass is 35.5. The summed E-state index contributed by atoms with van der Waals surface area (Å²) in [6.07, 6.45) is 0.525. The van der Waals surface area contributed by atoms with Crippen molar-refractivity contribution in [3.8, 4) is 5.69 Å². The Balaban J connectivity index is 2.60. The van der Waals surface area contributed by atoms with E-state index in [1.165, 1.54) is 22.9 Å². The molecule has 1 N–H and O–H groups in total. The van der Waals surface area contributed by atoms with Crippen molar-refractivity contribution in [1.29, 1.82) is 0 Å². The molecule has 1 aromatic carbocycles. The van der Waals surface area contributed by atoms with E-state index in [9.17, 15) is 14.3 Å². The largest absolute Gasteiger partial charge is 0.478 e. The summed E-state index contributed by atoms with van der Waals surface area (Å²) in [4.78, 5) is 11.6. The van der Waals surface area contributed by atoms with E-state index < -0.39 is 11.8 Å². The lowest BCUT2D eigenvalue weighted by atomic mass is 9.89. The molecule has 6 heteroatoms. The Labute approximate surface area is 133 Å². The predicted octanol–water partition coefficient (Wildman–Crippen LogP) is 4.26. The summed E-state index contributed by atoms with van der Waals surface area (Å²) < 4.78 is 14.8. The van der Waals surface area contributed by atoms with Gasteiger partial charge in [0.25, 0.3) is 0 Å². The van der Waals surface area contributed by atoms with Crippen molar-refractivity contribution in [2.75, 3.05) is 0 Å². The third-order valence-electron chi connectivity index (χ3n) is 3.25. The number of nitrogens with zero attached hydrogens (tertiary/aromatic N) is 2. The zero-order chi connectivity index (χ0) is 16.7. The summed E-state index contributed by atoms with van der Waals surface area (Å²) in [6.45, 7) is 7.73. The van der Waals surface area contributed by atoms with Crippen LogP contribution < -0.4 is 0 Å². The van der Waals surface area contributed by atoms with Crippen molar-refractivity contribution >= 4 is 17.6 Å². The standard InChI is InChI=1S/C16H18ClFN2O2/c1-9-14(15(21)22)13(8-16(2,3)4)19-20(9)10-5-6-12(18)11(17)7-10/h5-7H,8H2,1-4H3,(H,21,22). The molecule has 1 heterocycles. The Hall–Kier alpha value is -1.88. The predicted molar refractivity (Wildman–Crippen MR) is 83.4 cm³/mol. The van der Waals surface area contributed by atoms with Crippen LogP contribution in [-0.4, -0.2) is 20.9 Å². The summed E-state index contributed by atoms with van der Waals surface area (Å²) >= 11 is 5.80. The quantitative estimate of drug-likeness (QED) is 0.917. The molecule has 118 valence electrons. The zero-order valence-corrected chi connectivity index (χ0v) is 13.7. The number of carbonyl (C=O) groups is 1. The van der Waals surface area contributed by atoms with Gasteiger partial charge in [-0.3, -0.25) is 0 Å². The fourth-order valence-corrected chi connectivity index (χ4v) is 2.51. The number of hydrogen-bond acceptors (Lipinski definition) is 2. The Morgan fingerprint density at radius 1 is 1.41 bits per heavy atom. The van der Waals surface area contributed by atoms with E-state index in [-0.39, 0.29) is 16.0 Å². The molecule has 0 aliphatic heterocycles. The summed E-state index contributed by atoms with van der Waals surface area (Å²) in [5.74, 6) is -1.54. The first kappa shape index (κ1) is 16.5. The van der Waals surface area contributed by atoms with E-state index >= 15 is 0 Å². The number of halogens is 2. The normalized spacial score (nSPS) is 11.7. The van der Waals surface area contributed by atoms with Crippen LogP contribution in [-0.2, 0) is 6.42 Å². The van der Waals surface area contributed by atoms with Gasteiger partial charge in [-0.2, -0.15) is 5.10 Å². The fraction of sp³-hybridized carbons (Fsp3) is 0.375. The second-order valence-corrected chi connectivity index (χ2v) is 6.87. The second-order valence-electron chi connectivity index (χ2n) is 6.46. The van der Waals surface area contributed by atoms with Gasteiger partial charge in [-0.1, -0.05) is 32.4 Å². The van der Waals surface area contributed by atoms with Crippen molar-refractivity contribution in [3.05, 3.63) is 46.0 Å². The summed E-state index contributed by atoms with van der Waals surface area (Å²) in [5, 5.41) is 13.8. The number of aromatic carboxylic acids is 1. The van der Waals surface area contributed by atoms with E-state index in [0.29, 0.717) is 23.5 Å². The Kier molecular flexibility index (Phi) is 4.29. The molecule has 0 spiro atoms. The van der Waals surface area contributed by atoms with Crippen LogP contribution in [0.2, 0.25) is 5.02 Å². The topological polar surface area (TPSA) is 55.1 Å². The van der Waals surface area contributed by atoms with Crippen molar-refractivity contribution in [3.63, 3.8) is 0 Å². The number of carboxylic acid groups (broad SMARTS) is 1. The first-order chi connectivity index (χ1) is 10.1. The lowest BCUT2D eigenvalue weighted by Crippen LogP contribution is -2.13. The van der Waals surface area contributed by atoms with E-state index in [1.54, 1.807) is 6.92 Å². The number of rotatable bonds is 3. The van der Waals surface area contributed by atoms with Crippen LogP contribution >= 0.6 is 11.6 Å². The lowest BCUT2D eigenvalue weighted by Gasteiger charge is -2.16. The van der Waals surface area contributed by atoms with Gasteiger partial charge >= 0.3 is 5.97 Å². The molecule has 0 bridgehead atoms. The summed E-state index contributed by atoms with van der Waals surface area (Å²) in [5.41, 5.74) is 1.63. The maximum absolute atomic E-state index is 13.3. The Morgan fingerprint density at radius 3 is 2.55 bits per heavy atom. The van der Waals surface area contributed by atoms with Crippen molar-refractivity contribution in [2.45, 2.75) is 34.1 Å². The van der Waals surface area contributed by atoms with Gasteiger partial charge in [-0.25, -0.2) is 13.9 Å². The average Bonchev–Trinajstić information content (AvgIpc) is 2.67. The molecule has 0 saturated carbocycles. The molecule has 4 nitrogen and oxygen atoms in total. The van der Waals surface area contributed by atoms with Gasteiger partial charge in [-0.05, 0) is 37.0 Å². The maximum Gasteiger partial charge on any atom is 0.339 e. The fourth-order valence-electron chi connectivity index (χ4n) is 2.33. The van der Waals surface area contributed by atoms with Gasteiger partial charge in [0.1, 0.15) is 11.4 Å². The molecule has 0 fully saturated rings. The summed E-state index contributed by atoms with van der Waals surface area (Å²) in [7, 11) is 0. The van der Waals surface area contributed by atoms with Gasteiger partial charge in [0, 0.05) is 0 Å². The smallest absolute Gasteiger partial charge is 0.339 e. The van der Waals surface area contributed by atoms with Gasteiger partial charge in [0.15, 0.2) is 0 Å². The molecule has 0 saturated heterocycles. The van der Waals surface area contributed by atoms with Crippen LogP contribution in [0.1, 0.15) is 42.5 Å². The van der Waals surface area contributed by atoms with Crippen LogP contribution in [0.3, 0.4) is 0 Å². The van der Waals surface area contributed by atoms with Crippen molar-refractivity contribution in [2.24, 2.45) is 5.41 Å². The number of carboxylic acids is 1. The van der Waals surface area contributed by atoms with Gasteiger partial charge in [0.05, 0.1) is 22.1 Å². The van der Waals surface area contributed by atoms with E-state index in [1.807, 2.05) is 20.8 Å². The van der Waals surface area contributed by atoms with Crippen LogP contribution in [0.4, 0.5) is 4.39 Å². The van der Waals surface area contributed by atoms with Gasteiger partial charge < -0.3 is 5.11 Å². The third kappa shape index (κ3) is 3.30. The molecule has 2 rings (SSSR count). The molecule has 0 unspecified atom stereocenters. The number of hydrogen-bond donors (Lipinski definition) is 1. The van der Waals surface area contributed by atoms with E-state index in [2.05, 4.69) is 5.10 Å². The first-order valence-electron chi connectivity index (χ1n) is 6.87. The highest BCUT2D eigenvalue weighted by Gasteiger charge is 2.25. The van der Waals surface area contributed by atoms with E-state index in [4.69, 9.17) is 11.6 Å². The van der Waals surface area contributed by atoms with Gasteiger partial charge in [0.2, 0.25) is 0 Å². The molecule has 22 heavy (non-hydrogen) atoms. The number of benzene rings is 1. The van der Waals surface area contributed by atoms with Crippen molar-refractivity contribution < 1.29 is 14.3 Å². The zero-order valence-electron chi connectivity index (χ0n) is 12.9. The van der Waals surface area contributed by atoms with Crippen LogP contribution in [0.5, 0.6) is 0 Å². The maximum atomic E-state index is 13.3. The number of aromatic nitrogens is 2. The molecule has 1 aromatic heterocycles. The Morgan fingerprint density at radius 2 is 2.05 bits per heavy atom. The highest BCUT2D eigenvalue weighted by Crippen LogP contribution is 2.27. The highest BCUT2D eigenvalue weighted by molar-refractivity contribution is 6.30. The van der Waals surface area contributed by atoms with Gasteiger partial charge in [-0.15, -0.1) is 0 Å². The minimum atomic E-state index is -1.02. The molecule has 0 amide bonds. The Bertz CT molecular complexity index is 732. The van der Waals surface area contributed by atoms with E-state index in [0.717, 1.165) is 0 Å². The minimum Gasteiger partial charge on any atom is -0.478 e. The van der Waals surface area contributed by atoms with Crippen molar-refractivity contribution in [1.82, 2.24) is 9.78 Å². The molecule has 0 radical (unpaired) electrons. The van der Waals surface area contributed by atoms with Crippen LogP contribution in [0.15, 0.2) is 18.2 Å². The molecule has 0 atom stereocenters. The monoisotopic (exact) mass is 324 g/mol. The average molecular weight is 325 g/mol. The molecule has 0 aliphatic carbocycles. The lowest BCUT2D eigenvalue weighted by molar-refractivity contribution is 0.0694. The third-order valence-corrected chi connectivity index (χ3v) is 3.54. The summed E-state index contributed by atoms with van der Waals surface area (Å²) in [6, 6.07) is 4.19. The first-order valence-corrected chi connectivity index (χ1v) is 7.25. The SMILES string of the molecule is Cc1c(C(=O)O)c(CC(C)(C)C)nn1-c1ccc(F)c(Cl)c1. The molecule has 0 aliphatic rings. The molecule has 2 aromatic rings. The molecular formula is C16H18ClFN2O2. The van der Waals surface area contributed by atoms with Crippen LogP contribution in [0, 0.1) is 18.2 Å². The van der Waals surface area contributed by atoms with Crippen LogP contribution in [0.25, 0.3) is 5.69 Å². The minimum absolute atomic E-state index is 0.0263.